The number of nitrogens with one attached hydrogen (secondary N) is 1. The Morgan fingerprint density at radius 3 is 2.35 bits per heavy atom. The van der Waals surface area contributed by atoms with Gasteiger partial charge in [-0.3, -0.25) is 4.79 Å². The van der Waals surface area contributed by atoms with Crippen molar-refractivity contribution in [3.63, 3.8) is 0 Å². The lowest BCUT2D eigenvalue weighted by atomic mass is 10.0. The highest BCUT2D eigenvalue weighted by molar-refractivity contribution is 5.94. The second kappa shape index (κ2) is 8.84. The number of carbonyl (C=O) groups excluding carboxylic acids is 1. The Hall–Kier alpha value is -3.27. The van der Waals surface area contributed by atoms with Gasteiger partial charge in [0.15, 0.2) is 0 Å². The van der Waals surface area contributed by atoms with E-state index in [4.69, 9.17) is 0 Å². The van der Waals surface area contributed by atoms with Crippen molar-refractivity contribution in [2.45, 2.75) is 26.3 Å². The van der Waals surface area contributed by atoms with Crippen molar-refractivity contribution in [3.8, 4) is 0 Å². The molecule has 31 heavy (non-hydrogen) atoms. The molecular formula is C27H31N3O. The van der Waals surface area contributed by atoms with E-state index in [2.05, 4.69) is 69.7 Å². The van der Waals surface area contributed by atoms with E-state index >= 15 is 0 Å². The summed E-state index contributed by atoms with van der Waals surface area (Å²) in [5.41, 5.74) is 7.96. The van der Waals surface area contributed by atoms with Gasteiger partial charge in [0.1, 0.15) is 0 Å². The summed E-state index contributed by atoms with van der Waals surface area (Å²) in [5.74, 6) is -0.0193. The average molecular weight is 414 g/mol. The molecule has 0 spiro atoms. The number of amides is 1. The Morgan fingerprint density at radius 1 is 1.00 bits per heavy atom. The first-order valence-corrected chi connectivity index (χ1v) is 10.9. The van der Waals surface area contributed by atoms with Gasteiger partial charge >= 0.3 is 0 Å². The largest absolute Gasteiger partial charge is 0.378 e. The van der Waals surface area contributed by atoms with Crippen LogP contribution in [0.15, 0.2) is 66.7 Å². The Morgan fingerprint density at radius 2 is 1.68 bits per heavy atom. The number of hydrogen-bond donors (Lipinski definition) is 1. The maximum absolute atomic E-state index is 13.0. The number of para-hydroxylation sites is 1. The van der Waals surface area contributed by atoms with Gasteiger partial charge in [0.2, 0.25) is 0 Å². The zero-order chi connectivity index (χ0) is 22.0. The first-order chi connectivity index (χ1) is 14.9. The summed E-state index contributed by atoms with van der Waals surface area (Å²) in [6.45, 7) is 5.57. The van der Waals surface area contributed by atoms with E-state index in [9.17, 15) is 4.79 Å². The number of fused-ring (bicyclic) bond motifs is 1. The van der Waals surface area contributed by atoms with Gasteiger partial charge in [0, 0.05) is 44.1 Å². The molecule has 1 amide bonds. The van der Waals surface area contributed by atoms with Crippen LogP contribution in [0.5, 0.6) is 0 Å². The first-order valence-electron chi connectivity index (χ1n) is 10.9. The average Bonchev–Trinajstić information content (AvgIpc) is 3.17. The van der Waals surface area contributed by atoms with Crippen LogP contribution in [-0.4, -0.2) is 33.1 Å². The second-order valence-electron chi connectivity index (χ2n) is 8.66. The molecule has 0 unspecified atom stereocenters. The molecule has 3 aromatic rings. The summed E-state index contributed by atoms with van der Waals surface area (Å²) in [5, 5.41) is 3.21. The van der Waals surface area contributed by atoms with Gasteiger partial charge < -0.3 is 15.1 Å². The molecule has 0 saturated heterocycles. The number of hydrogen-bond acceptors (Lipinski definition) is 3. The fraction of sp³-hybridized carbons (Fsp3) is 0.296. The van der Waals surface area contributed by atoms with Crippen LogP contribution in [0.3, 0.4) is 0 Å². The summed E-state index contributed by atoms with van der Waals surface area (Å²) in [7, 11) is 4.10. The van der Waals surface area contributed by atoms with E-state index in [0.29, 0.717) is 6.54 Å². The smallest absolute Gasteiger partial charge is 0.251 e. The van der Waals surface area contributed by atoms with Crippen molar-refractivity contribution in [2.75, 3.05) is 37.0 Å². The Labute approximate surface area is 185 Å². The van der Waals surface area contributed by atoms with Crippen molar-refractivity contribution in [3.05, 3.63) is 94.5 Å². The fourth-order valence-corrected chi connectivity index (χ4v) is 4.49. The van der Waals surface area contributed by atoms with Crippen LogP contribution >= 0.6 is 0 Å². The molecule has 0 saturated carbocycles. The molecular weight excluding hydrogens is 382 g/mol. The first kappa shape index (κ1) is 21.0. The highest BCUT2D eigenvalue weighted by Crippen LogP contribution is 2.35. The third-order valence-corrected chi connectivity index (χ3v) is 6.03. The Balaban J connectivity index is 1.60. The van der Waals surface area contributed by atoms with E-state index in [1.54, 1.807) is 0 Å². The summed E-state index contributed by atoms with van der Waals surface area (Å²) in [6, 6.07) is 23.3. The van der Waals surface area contributed by atoms with Crippen molar-refractivity contribution in [1.82, 2.24) is 5.32 Å². The molecule has 0 aromatic heterocycles. The second-order valence-corrected chi connectivity index (χ2v) is 8.66. The molecule has 0 fully saturated rings. The van der Waals surface area contributed by atoms with Gasteiger partial charge in [-0.15, -0.1) is 0 Å². The topological polar surface area (TPSA) is 35.6 Å². The van der Waals surface area contributed by atoms with Crippen molar-refractivity contribution in [1.29, 1.82) is 0 Å². The van der Waals surface area contributed by atoms with Gasteiger partial charge in [0.05, 0.1) is 6.04 Å². The highest BCUT2D eigenvalue weighted by Gasteiger charge is 2.27. The molecule has 1 atom stereocenters. The standard InChI is InChI=1S/C27H31N3O/c1-19-15-20(2)17-23(16-19)27(31)28-18-26(22-9-11-24(12-10-22)29(3)4)30-14-13-21-7-5-6-8-25(21)30/h5-12,15-17,26H,13-14,18H2,1-4H3,(H,28,31)/t26-/m1/s1. The number of rotatable bonds is 6. The maximum atomic E-state index is 13.0. The van der Waals surface area contributed by atoms with Crippen LogP contribution in [0, 0.1) is 13.8 Å². The molecule has 3 aromatic carbocycles. The molecule has 4 rings (SSSR count). The summed E-state index contributed by atoms with van der Waals surface area (Å²) in [6.07, 6.45) is 1.04. The number of benzene rings is 3. The molecule has 0 aliphatic carbocycles. The van der Waals surface area contributed by atoms with Crippen LogP contribution in [0.25, 0.3) is 0 Å². The molecule has 1 aliphatic heterocycles. The minimum absolute atomic E-state index is 0.0193. The Bertz CT molecular complexity index is 1050. The van der Waals surface area contributed by atoms with Crippen molar-refractivity contribution >= 4 is 17.3 Å². The molecule has 0 radical (unpaired) electrons. The molecule has 4 nitrogen and oxygen atoms in total. The van der Waals surface area contributed by atoms with Crippen molar-refractivity contribution in [2.24, 2.45) is 0 Å². The predicted molar refractivity (Wildman–Crippen MR) is 129 cm³/mol. The SMILES string of the molecule is Cc1cc(C)cc(C(=O)NC[C@H](c2ccc(N(C)C)cc2)N2CCc3ccccc32)c1. The summed E-state index contributed by atoms with van der Waals surface area (Å²) >= 11 is 0. The lowest BCUT2D eigenvalue weighted by Gasteiger charge is -2.31. The van der Waals surface area contributed by atoms with Crippen LogP contribution < -0.4 is 15.1 Å². The van der Waals surface area contributed by atoms with E-state index < -0.39 is 0 Å². The molecule has 1 heterocycles. The normalized spacial score (nSPS) is 13.6. The zero-order valence-electron chi connectivity index (χ0n) is 18.9. The summed E-state index contributed by atoms with van der Waals surface area (Å²) in [4.78, 5) is 17.5. The van der Waals surface area contributed by atoms with Crippen LogP contribution in [0.1, 0.15) is 38.7 Å². The highest BCUT2D eigenvalue weighted by atomic mass is 16.1. The van der Waals surface area contributed by atoms with Gasteiger partial charge in [-0.1, -0.05) is 47.5 Å². The Kier molecular flexibility index (Phi) is 5.99. The monoisotopic (exact) mass is 413 g/mol. The van der Waals surface area contributed by atoms with E-state index in [0.717, 1.165) is 29.7 Å². The number of aryl methyl sites for hydroxylation is 2. The van der Waals surface area contributed by atoms with Crippen molar-refractivity contribution < 1.29 is 4.79 Å². The third-order valence-electron chi connectivity index (χ3n) is 6.03. The van der Waals surface area contributed by atoms with E-state index in [1.807, 2.05) is 40.1 Å². The van der Waals surface area contributed by atoms with Crippen LogP contribution in [-0.2, 0) is 6.42 Å². The van der Waals surface area contributed by atoms with Gasteiger partial charge in [-0.2, -0.15) is 0 Å². The van der Waals surface area contributed by atoms with E-state index in [-0.39, 0.29) is 11.9 Å². The van der Waals surface area contributed by atoms with Gasteiger partial charge in [-0.25, -0.2) is 0 Å². The summed E-state index contributed by atoms with van der Waals surface area (Å²) < 4.78 is 0. The van der Waals surface area contributed by atoms with E-state index in [1.165, 1.54) is 22.5 Å². The molecule has 1 N–H and O–H groups in total. The molecule has 0 bridgehead atoms. The van der Waals surface area contributed by atoms with Gasteiger partial charge in [0.25, 0.3) is 5.91 Å². The third kappa shape index (κ3) is 4.58. The van der Waals surface area contributed by atoms with Crippen LogP contribution in [0.2, 0.25) is 0 Å². The lowest BCUT2D eigenvalue weighted by molar-refractivity contribution is 0.0951. The quantitative estimate of drug-likeness (QED) is 0.624. The minimum atomic E-state index is -0.0193. The molecule has 1 aliphatic rings. The number of anilines is 2. The van der Waals surface area contributed by atoms with Gasteiger partial charge in [-0.05, 0) is 61.7 Å². The fourth-order valence-electron chi connectivity index (χ4n) is 4.49. The minimum Gasteiger partial charge on any atom is -0.378 e. The molecule has 4 heteroatoms. The zero-order valence-corrected chi connectivity index (χ0v) is 18.9. The predicted octanol–water partition coefficient (Wildman–Crippen LogP) is 4.90. The maximum Gasteiger partial charge on any atom is 0.251 e. The lowest BCUT2D eigenvalue weighted by Crippen LogP contribution is -2.37. The van der Waals surface area contributed by atoms with Crippen LogP contribution in [0.4, 0.5) is 11.4 Å². The molecule has 160 valence electrons. The number of carbonyl (C=O) groups is 1. The number of nitrogens with zero attached hydrogens (tertiary/aromatic N) is 2.